The Hall–Kier alpha value is -3.31. The second-order valence-electron chi connectivity index (χ2n) is 8.66. The maximum atomic E-state index is 13.9. The lowest BCUT2D eigenvalue weighted by Gasteiger charge is -2.23. The lowest BCUT2D eigenvalue weighted by atomic mass is 10.1. The summed E-state index contributed by atoms with van der Waals surface area (Å²) in [4.78, 5) is 26.5. The van der Waals surface area contributed by atoms with Crippen LogP contribution < -0.4 is 5.69 Å². The number of rotatable bonds is 3. The first kappa shape index (κ1) is 34.9. The van der Waals surface area contributed by atoms with Gasteiger partial charge in [-0.2, -0.15) is 25.3 Å². The van der Waals surface area contributed by atoms with Gasteiger partial charge in [0, 0.05) is 29.7 Å². The molecule has 1 aliphatic rings. The van der Waals surface area contributed by atoms with E-state index >= 15 is 0 Å². The SMILES string of the molecule is CS(=O)(=O)O.CS(=O)(=O)O.CS(=O)(=O)O.O=c1[nH]c2ncc(-c3cnc4[nH]cc(F)c4c3)cc2n1C[C@H]1COCCO1. The third-order valence-electron chi connectivity index (χ3n) is 4.71. The molecule has 0 bridgehead atoms. The highest BCUT2D eigenvalue weighted by Gasteiger charge is 2.19. The van der Waals surface area contributed by atoms with Crippen LogP contribution in [0.25, 0.3) is 33.3 Å². The maximum Gasteiger partial charge on any atom is 0.327 e. The first-order chi connectivity index (χ1) is 19.2. The van der Waals surface area contributed by atoms with Crippen LogP contribution in [0.4, 0.5) is 4.39 Å². The zero-order valence-corrected chi connectivity index (χ0v) is 24.7. The van der Waals surface area contributed by atoms with E-state index in [1.807, 2.05) is 6.07 Å². The van der Waals surface area contributed by atoms with E-state index in [1.165, 1.54) is 6.20 Å². The van der Waals surface area contributed by atoms with Crippen molar-refractivity contribution in [1.29, 1.82) is 0 Å². The molecule has 0 aliphatic carbocycles. The summed E-state index contributed by atoms with van der Waals surface area (Å²) in [7, 11) is -11.0. The van der Waals surface area contributed by atoms with E-state index in [4.69, 9.17) is 23.1 Å². The molecule has 234 valence electrons. The molecule has 1 atom stereocenters. The Morgan fingerprint density at radius 2 is 1.45 bits per heavy atom. The van der Waals surface area contributed by atoms with E-state index in [9.17, 15) is 34.4 Å². The molecule has 1 aliphatic heterocycles. The van der Waals surface area contributed by atoms with Gasteiger partial charge >= 0.3 is 5.69 Å². The number of aromatic nitrogens is 5. The minimum absolute atomic E-state index is 0.189. The molecule has 21 heteroatoms. The monoisotopic (exact) mass is 657 g/mol. The quantitative estimate of drug-likeness (QED) is 0.186. The van der Waals surface area contributed by atoms with Crippen molar-refractivity contribution in [2.75, 3.05) is 38.6 Å². The van der Waals surface area contributed by atoms with Gasteiger partial charge in [0.25, 0.3) is 30.4 Å². The van der Waals surface area contributed by atoms with Crippen LogP contribution in [-0.4, -0.2) is 108 Å². The number of imidazole rings is 1. The fourth-order valence-electron chi connectivity index (χ4n) is 3.35. The fraction of sp³-hybridized carbons (Fsp3) is 0.381. The van der Waals surface area contributed by atoms with Crippen molar-refractivity contribution in [2.24, 2.45) is 0 Å². The van der Waals surface area contributed by atoms with Crippen molar-refractivity contribution in [3.8, 4) is 11.1 Å². The van der Waals surface area contributed by atoms with Gasteiger partial charge in [-0.15, -0.1) is 0 Å². The number of aromatic amines is 2. The van der Waals surface area contributed by atoms with Crippen LogP contribution in [0.15, 0.2) is 35.5 Å². The van der Waals surface area contributed by atoms with Crippen LogP contribution in [0.2, 0.25) is 0 Å². The number of pyridine rings is 2. The lowest BCUT2D eigenvalue weighted by Crippen LogP contribution is -2.34. The average molecular weight is 658 g/mol. The molecule has 1 fully saturated rings. The molecule has 5 N–H and O–H groups in total. The average Bonchev–Trinajstić information content (AvgIpc) is 3.35. The van der Waals surface area contributed by atoms with Gasteiger partial charge in [-0.25, -0.2) is 19.2 Å². The van der Waals surface area contributed by atoms with Gasteiger partial charge in [0.05, 0.1) is 62.1 Å². The number of H-pyrrole nitrogens is 2. The van der Waals surface area contributed by atoms with Crippen molar-refractivity contribution in [2.45, 2.75) is 12.6 Å². The zero-order valence-electron chi connectivity index (χ0n) is 22.3. The van der Waals surface area contributed by atoms with E-state index in [1.54, 1.807) is 23.0 Å². The summed E-state index contributed by atoms with van der Waals surface area (Å²) < 4.78 is 104. The van der Waals surface area contributed by atoms with E-state index in [0.717, 1.165) is 5.56 Å². The number of nitrogens with zero attached hydrogens (tertiary/aromatic N) is 3. The van der Waals surface area contributed by atoms with E-state index in [2.05, 4.69) is 19.9 Å². The van der Waals surface area contributed by atoms with Gasteiger partial charge in [0.2, 0.25) is 0 Å². The summed E-state index contributed by atoms with van der Waals surface area (Å²) in [6.07, 6.45) is 6.52. The molecule has 17 nitrogen and oxygen atoms in total. The largest absolute Gasteiger partial charge is 0.376 e. The molecule has 0 radical (unpaired) electrons. The van der Waals surface area contributed by atoms with Gasteiger partial charge in [-0.1, -0.05) is 0 Å². The smallest absolute Gasteiger partial charge is 0.327 e. The number of nitrogens with one attached hydrogen (secondary N) is 2. The Labute approximate surface area is 239 Å². The third kappa shape index (κ3) is 13.1. The topological polar surface area (TPSA) is 261 Å². The maximum absolute atomic E-state index is 13.9. The van der Waals surface area contributed by atoms with Crippen molar-refractivity contribution in [1.82, 2.24) is 24.5 Å². The summed E-state index contributed by atoms with van der Waals surface area (Å²) in [5, 5.41) is 0.409. The minimum Gasteiger partial charge on any atom is -0.376 e. The molecule has 42 heavy (non-hydrogen) atoms. The minimum atomic E-state index is -3.67. The third-order valence-corrected chi connectivity index (χ3v) is 4.71. The summed E-state index contributed by atoms with van der Waals surface area (Å²) in [5.41, 5.74) is 2.83. The van der Waals surface area contributed by atoms with Crippen LogP contribution in [0, 0.1) is 5.82 Å². The zero-order chi connectivity index (χ0) is 31.9. The number of halogens is 1. The van der Waals surface area contributed by atoms with Gasteiger partial charge in [-0.05, 0) is 12.1 Å². The summed E-state index contributed by atoms with van der Waals surface area (Å²) in [6, 6.07) is 3.56. The predicted molar refractivity (Wildman–Crippen MR) is 148 cm³/mol. The molecule has 4 aromatic heterocycles. The highest BCUT2D eigenvalue weighted by Crippen LogP contribution is 2.25. The first-order valence-electron chi connectivity index (χ1n) is 11.4. The van der Waals surface area contributed by atoms with Crippen LogP contribution in [0.5, 0.6) is 0 Å². The Kier molecular flexibility index (Phi) is 11.8. The van der Waals surface area contributed by atoms with Gasteiger partial charge in [-0.3, -0.25) is 23.2 Å². The highest BCUT2D eigenvalue weighted by atomic mass is 32.2. The van der Waals surface area contributed by atoms with Gasteiger partial charge in [0.1, 0.15) is 11.5 Å². The van der Waals surface area contributed by atoms with Gasteiger partial charge < -0.3 is 14.5 Å². The second kappa shape index (κ2) is 14.2. The van der Waals surface area contributed by atoms with Crippen LogP contribution >= 0.6 is 0 Å². The number of ether oxygens (including phenoxy) is 2. The number of fused-ring (bicyclic) bond motifs is 2. The van der Waals surface area contributed by atoms with Crippen LogP contribution in [0.3, 0.4) is 0 Å². The molecule has 4 aromatic rings. The Morgan fingerprint density at radius 3 is 1.98 bits per heavy atom. The van der Waals surface area contributed by atoms with Crippen molar-refractivity contribution in [3.05, 3.63) is 47.0 Å². The highest BCUT2D eigenvalue weighted by molar-refractivity contribution is 7.85. The standard InChI is InChI=1S/C18H16FN5O3.3CH4O3S/c19-14-7-22-16-13(14)3-10(5-20-16)11-4-15-17(21-6-11)23-18(25)24(15)8-12-9-26-1-2-27-12;3*1-5(2,3)4/h3-7,12H,1-2,8-9H2,(H,20,22)(H,21,23,25);3*1H3,(H,2,3,4)/t12-;;;/m0.../s1. The number of hydrogen-bond acceptors (Lipinski definition) is 11. The summed E-state index contributed by atoms with van der Waals surface area (Å²) in [6.45, 7) is 1.89. The van der Waals surface area contributed by atoms with Crippen LogP contribution in [-0.2, 0) is 46.4 Å². The fourth-order valence-corrected chi connectivity index (χ4v) is 3.35. The summed E-state index contributed by atoms with van der Waals surface area (Å²) in [5.74, 6) is -0.360. The molecule has 5 rings (SSSR count). The first-order valence-corrected chi connectivity index (χ1v) is 16.9. The van der Waals surface area contributed by atoms with Crippen molar-refractivity contribution >= 4 is 52.6 Å². The second-order valence-corrected chi connectivity index (χ2v) is 13.1. The van der Waals surface area contributed by atoms with E-state index in [-0.39, 0.29) is 17.6 Å². The van der Waals surface area contributed by atoms with E-state index in [0.29, 0.717) is 72.9 Å². The molecule has 0 saturated carbocycles. The van der Waals surface area contributed by atoms with Crippen molar-refractivity contribution < 1.29 is 52.8 Å². The molecule has 0 unspecified atom stereocenters. The Balaban J connectivity index is 0.000000343. The Morgan fingerprint density at radius 1 is 0.929 bits per heavy atom. The van der Waals surface area contributed by atoms with E-state index < -0.39 is 30.4 Å². The van der Waals surface area contributed by atoms with Gasteiger partial charge in [0.15, 0.2) is 5.65 Å². The van der Waals surface area contributed by atoms with Crippen molar-refractivity contribution in [3.63, 3.8) is 0 Å². The Bertz CT molecular complexity index is 1800. The predicted octanol–water partition coefficient (Wildman–Crippen LogP) is 0.334. The normalized spacial score (nSPS) is 15.5. The molecular weight excluding hydrogens is 629 g/mol. The molecule has 0 amide bonds. The molecule has 0 aromatic carbocycles. The molecule has 0 spiro atoms. The summed E-state index contributed by atoms with van der Waals surface area (Å²) >= 11 is 0. The number of hydrogen-bond donors (Lipinski definition) is 5. The van der Waals surface area contributed by atoms with Crippen LogP contribution in [0.1, 0.15) is 0 Å². The lowest BCUT2D eigenvalue weighted by molar-refractivity contribution is -0.0934. The molecular formula is C21H28FN5O12S3. The molecule has 5 heterocycles. The molecule has 1 saturated heterocycles.